The van der Waals surface area contributed by atoms with Crippen molar-refractivity contribution in [1.82, 2.24) is 5.32 Å². The van der Waals surface area contributed by atoms with Gasteiger partial charge in [0.25, 0.3) is 0 Å². The lowest BCUT2D eigenvalue weighted by atomic mass is 10.3. The second-order valence-electron chi connectivity index (χ2n) is 2.04. The number of terminal acetylenes is 1. The fraction of sp³-hybridized carbons (Fsp3) is 0.750. The molecule has 0 bridgehead atoms. The number of rotatable bonds is 5. The van der Waals surface area contributed by atoms with Gasteiger partial charge in [0.1, 0.15) is 6.04 Å². The van der Waals surface area contributed by atoms with E-state index in [1.807, 2.05) is 6.92 Å². The molecule has 0 aromatic carbocycles. The maximum Gasteiger partial charge on any atom is 0.183 e. The van der Waals surface area contributed by atoms with Gasteiger partial charge >= 0.3 is 0 Å². The summed E-state index contributed by atoms with van der Waals surface area (Å²) in [4.78, 5) is 0. The lowest BCUT2D eigenvalue weighted by molar-refractivity contribution is -0.111. The van der Waals surface area contributed by atoms with Crippen LogP contribution < -0.4 is 5.32 Å². The molecule has 0 fully saturated rings. The maximum absolute atomic E-state index is 5.24. The Kier molecular flexibility index (Phi) is 5.86. The van der Waals surface area contributed by atoms with Gasteiger partial charge in [0, 0.05) is 14.2 Å². The van der Waals surface area contributed by atoms with Crippen LogP contribution in [0.1, 0.15) is 6.92 Å². The van der Waals surface area contributed by atoms with E-state index in [1.54, 1.807) is 14.2 Å². The van der Waals surface area contributed by atoms with E-state index >= 15 is 0 Å². The van der Waals surface area contributed by atoms with Gasteiger partial charge < -0.3 is 9.47 Å². The Morgan fingerprint density at radius 2 is 2.00 bits per heavy atom. The molecule has 0 heterocycles. The Hall–Kier alpha value is -0.560. The van der Waals surface area contributed by atoms with Crippen LogP contribution in [0.5, 0.6) is 0 Å². The van der Waals surface area contributed by atoms with Crippen molar-refractivity contribution in [3.8, 4) is 12.3 Å². The zero-order valence-corrected chi connectivity index (χ0v) is 7.26. The van der Waals surface area contributed by atoms with E-state index in [-0.39, 0.29) is 12.3 Å². The van der Waals surface area contributed by atoms with Crippen molar-refractivity contribution in [3.05, 3.63) is 0 Å². The Bertz CT molecular complexity index is 127. The third-order valence-electron chi connectivity index (χ3n) is 1.34. The highest BCUT2D eigenvalue weighted by atomic mass is 16.7. The van der Waals surface area contributed by atoms with Crippen LogP contribution in [0.25, 0.3) is 0 Å². The van der Waals surface area contributed by atoms with Crippen LogP contribution in [0.3, 0.4) is 0 Å². The normalized spacial score (nSPS) is 13.0. The standard InChI is InChI=1S/C8H15NO2/c1-5-7(9-6-2)8(10-3)11-4/h1,7-9H,6H2,2-4H3. The first-order valence-electron chi connectivity index (χ1n) is 3.55. The van der Waals surface area contributed by atoms with Gasteiger partial charge in [-0.1, -0.05) is 12.8 Å². The van der Waals surface area contributed by atoms with E-state index < -0.39 is 0 Å². The summed E-state index contributed by atoms with van der Waals surface area (Å²) in [5, 5.41) is 3.05. The first-order valence-corrected chi connectivity index (χ1v) is 3.55. The summed E-state index contributed by atoms with van der Waals surface area (Å²) in [6.45, 7) is 2.78. The van der Waals surface area contributed by atoms with E-state index in [1.165, 1.54) is 0 Å². The van der Waals surface area contributed by atoms with Crippen molar-refractivity contribution >= 4 is 0 Å². The second-order valence-corrected chi connectivity index (χ2v) is 2.04. The Morgan fingerprint density at radius 3 is 2.27 bits per heavy atom. The molecule has 1 N–H and O–H groups in total. The maximum atomic E-state index is 5.24. The minimum Gasteiger partial charge on any atom is -0.353 e. The van der Waals surface area contributed by atoms with Crippen LogP contribution in [0, 0.1) is 12.3 Å². The Balaban J connectivity index is 3.89. The van der Waals surface area contributed by atoms with E-state index in [2.05, 4.69) is 11.2 Å². The van der Waals surface area contributed by atoms with Gasteiger partial charge in [0.15, 0.2) is 6.29 Å². The van der Waals surface area contributed by atoms with E-state index in [4.69, 9.17) is 15.9 Å². The fourth-order valence-corrected chi connectivity index (χ4v) is 0.822. The minimum absolute atomic E-state index is 0.171. The monoisotopic (exact) mass is 157 g/mol. The lowest BCUT2D eigenvalue weighted by Crippen LogP contribution is -2.40. The van der Waals surface area contributed by atoms with E-state index in [0.717, 1.165) is 6.54 Å². The molecular weight excluding hydrogens is 142 g/mol. The molecule has 0 aromatic rings. The second kappa shape index (κ2) is 6.17. The molecule has 0 radical (unpaired) electrons. The molecule has 0 amide bonds. The molecule has 0 aliphatic heterocycles. The molecule has 3 heteroatoms. The van der Waals surface area contributed by atoms with Crippen molar-refractivity contribution in [2.75, 3.05) is 20.8 Å². The SMILES string of the molecule is C#CC(NCC)C(OC)OC. The summed E-state index contributed by atoms with van der Waals surface area (Å²) >= 11 is 0. The smallest absolute Gasteiger partial charge is 0.183 e. The van der Waals surface area contributed by atoms with Gasteiger partial charge in [-0.05, 0) is 6.54 Å². The third kappa shape index (κ3) is 3.38. The topological polar surface area (TPSA) is 30.5 Å². The molecule has 0 aliphatic carbocycles. The van der Waals surface area contributed by atoms with Crippen molar-refractivity contribution in [2.24, 2.45) is 0 Å². The summed E-state index contributed by atoms with van der Waals surface area (Å²) in [6, 6.07) is -0.171. The molecule has 0 saturated heterocycles. The number of ether oxygens (including phenoxy) is 2. The van der Waals surface area contributed by atoms with Gasteiger partial charge in [-0.25, -0.2) is 0 Å². The van der Waals surface area contributed by atoms with Crippen molar-refractivity contribution < 1.29 is 9.47 Å². The quantitative estimate of drug-likeness (QED) is 0.457. The van der Waals surface area contributed by atoms with Gasteiger partial charge in [-0.2, -0.15) is 0 Å². The molecule has 0 rings (SSSR count). The van der Waals surface area contributed by atoms with Gasteiger partial charge in [0.05, 0.1) is 0 Å². The summed E-state index contributed by atoms with van der Waals surface area (Å²) in [5.74, 6) is 2.54. The Morgan fingerprint density at radius 1 is 1.45 bits per heavy atom. The molecule has 0 spiro atoms. The highest BCUT2D eigenvalue weighted by Crippen LogP contribution is 1.97. The number of methoxy groups -OCH3 is 2. The molecule has 0 saturated carbocycles. The molecule has 1 atom stereocenters. The summed E-state index contributed by atoms with van der Waals surface area (Å²) < 4.78 is 9.96. The summed E-state index contributed by atoms with van der Waals surface area (Å²) in [5.41, 5.74) is 0. The summed E-state index contributed by atoms with van der Waals surface area (Å²) in [7, 11) is 3.13. The first kappa shape index (κ1) is 10.4. The zero-order valence-electron chi connectivity index (χ0n) is 7.26. The largest absolute Gasteiger partial charge is 0.353 e. The van der Waals surface area contributed by atoms with E-state index in [0.29, 0.717) is 0 Å². The average Bonchev–Trinajstić information content (AvgIpc) is 2.05. The summed E-state index contributed by atoms with van der Waals surface area (Å²) in [6.07, 6.45) is 4.88. The van der Waals surface area contributed by atoms with Crippen molar-refractivity contribution in [3.63, 3.8) is 0 Å². The molecule has 0 aliphatic rings. The fourth-order valence-electron chi connectivity index (χ4n) is 0.822. The number of hydrogen-bond donors (Lipinski definition) is 1. The van der Waals surface area contributed by atoms with Crippen LogP contribution in [0.2, 0.25) is 0 Å². The van der Waals surface area contributed by atoms with Gasteiger partial charge in [-0.15, -0.1) is 6.42 Å². The lowest BCUT2D eigenvalue weighted by Gasteiger charge is -2.20. The van der Waals surface area contributed by atoms with E-state index in [9.17, 15) is 0 Å². The predicted molar refractivity (Wildman–Crippen MR) is 44.1 cm³/mol. The van der Waals surface area contributed by atoms with Gasteiger partial charge in [-0.3, -0.25) is 5.32 Å². The minimum atomic E-state index is -0.361. The predicted octanol–water partition coefficient (Wildman–Crippen LogP) is 0.217. The highest BCUT2D eigenvalue weighted by Gasteiger charge is 2.16. The van der Waals surface area contributed by atoms with Crippen LogP contribution in [0.4, 0.5) is 0 Å². The zero-order chi connectivity index (χ0) is 8.69. The number of likely N-dealkylation sites (N-methyl/N-ethyl adjacent to an activating group) is 1. The van der Waals surface area contributed by atoms with Crippen molar-refractivity contribution in [2.45, 2.75) is 19.3 Å². The number of nitrogens with one attached hydrogen (secondary N) is 1. The van der Waals surface area contributed by atoms with Crippen LogP contribution in [0.15, 0.2) is 0 Å². The average molecular weight is 157 g/mol. The highest BCUT2D eigenvalue weighted by molar-refractivity contribution is 5.00. The van der Waals surface area contributed by atoms with Crippen molar-refractivity contribution in [1.29, 1.82) is 0 Å². The number of hydrogen-bond acceptors (Lipinski definition) is 3. The molecule has 0 aromatic heterocycles. The van der Waals surface area contributed by atoms with Crippen LogP contribution in [-0.4, -0.2) is 33.1 Å². The molecule has 1 unspecified atom stereocenters. The van der Waals surface area contributed by atoms with Gasteiger partial charge in [0.2, 0.25) is 0 Å². The third-order valence-corrected chi connectivity index (χ3v) is 1.34. The molecule has 3 nitrogen and oxygen atoms in total. The van der Waals surface area contributed by atoms with Crippen LogP contribution >= 0.6 is 0 Å². The molecular formula is C8H15NO2. The van der Waals surface area contributed by atoms with Crippen LogP contribution in [-0.2, 0) is 9.47 Å². The molecule has 64 valence electrons. The Labute approximate surface area is 68.1 Å². The first-order chi connectivity index (χ1) is 5.29. The molecule has 11 heavy (non-hydrogen) atoms.